The predicted molar refractivity (Wildman–Crippen MR) is 125 cm³/mol. The number of likely N-dealkylation sites (N-methyl/N-ethyl adjacent to an activating group) is 2. The first-order valence-electron chi connectivity index (χ1n) is 10.8. The number of halogens is 3. The van der Waals surface area contributed by atoms with Crippen molar-refractivity contribution < 1.29 is 27.6 Å². The third-order valence-corrected chi connectivity index (χ3v) is 5.47. The van der Waals surface area contributed by atoms with Gasteiger partial charge in [-0.05, 0) is 44.0 Å². The molecule has 10 heteroatoms. The standard InChI is InChI=1S/C24H29F3N4O3/c1-6-8-20(31(15-33)21-14-18(24(25,26)27)13-17(3)28-21)23(34)30(5)19-10-7-9-16(2)22(19)29(4)11-12-32/h7,9-10,12-15,20H,6,8,11H2,1-5H3. The Bertz CT molecular complexity index is 1040. The Hall–Kier alpha value is -3.43. The number of carbonyl (C=O) groups is 3. The number of carbonyl (C=O) groups excluding carboxylic acids is 3. The fourth-order valence-corrected chi connectivity index (χ4v) is 3.85. The van der Waals surface area contributed by atoms with E-state index in [2.05, 4.69) is 4.98 Å². The highest BCUT2D eigenvalue weighted by Gasteiger charge is 2.35. The summed E-state index contributed by atoms with van der Waals surface area (Å²) in [4.78, 5) is 44.8. The summed E-state index contributed by atoms with van der Waals surface area (Å²) in [5.74, 6) is -0.734. The van der Waals surface area contributed by atoms with Gasteiger partial charge in [0.1, 0.15) is 18.1 Å². The van der Waals surface area contributed by atoms with E-state index >= 15 is 0 Å². The predicted octanol–water partition coefficient (Wildman–Crippen LogP) is 4.15. The summed E-state index contributed by atoms with van der Waals surface area (Å²) < 4.78 is 40.1. The van der Waals surface area contributed by atoms with Gasteiger partial charge in [0.25, 0.3) is 0 Å². The van der Waals surface area contributed by atoms with Gasteiger partial charge < -0.3 is 14.6 Å². The molecule has 0 bridgehead atoms. The lowest BCUT2D eigenvalue weighted by atomic mass is 10.1. The van der Waals surface area contributed by atoms with Crippen LogP contribution in [0, 0.1) is 13.8 Å². The van der Waals surface area contributed by atoms with Crippen LogP contribution < -0.4 is 14.7 Å². The number of aromatic nitrogens is 1. The second kappa shape index (κ2) is 11.1. The first-order chi connectivity index (χ1) is 16.0. The van der Waals surface area contributed by atoms with Gasteiger partial charge in [-0.3, -0.25) is 14.5 Å². The molecule has 0 radical (unpaired) electrons. The number of aryl methyl sites for hydroxylation is 2. The first kappa shape index (κ1) is 26.8. The van der Waals surface area contributed by atoms with Crippen LogP contribution in [0.5, 0.6) is 0 Å². The minimum atomic E-state index is -4.63. The van der Waals surface area contributed by atoms with E-state index in [1.807, 2.05) is 19.9 Å². The molecule has 0 fully saturated rings. The van der Waals surface area contributed by atoms with Crippen molar-refractivity contribution in [2.45, 2.75) is 45.8 Å². The Balaban J connectivity index is 2.54. The molecule has 34 heavy (non-hydrogen) atoms. The number of pyridine rings is 1. The zero-order valence-corrected chi connectivity index (χ0v) is 19.9. The number of para-hydroxylation sites is 1. The van der Waals surface area contributed by atoms with Crippen LogP contribution in [0.4, 0.5) is 30.4 Å². The molecule has 7 nitrogen and oxygen atoms in total. The Morgan fingerprint density at radius 1 is 1.15 bits per heavy atom. The van der Waals surface area contributed by atoms with Crippen LogP contribution in [-0.2, 0) is 20.6 Å². The van der Waals surface area contributed by atoms with Crippen LogP contribution in [0.15, 0.2) is 30.3 Å². The maximum absolute atomic E-state index is 13.6. The lowest BCUT2D eigenvalue weighted by Crippen LogP contribution is -2.48. The van der Waals surface area contributed by atoms with Crippen molar-refractivity contribution in [3.63, 3.8) is 0 Å². The molecule has 0 N–H and O–H groups in total. The number of nitrogens with zero attached hydrogens (tertiary/aromatic N) is 4. The van der Waals surface area contributed by atoms with Gasteiger partial charge in [0.05, 0.1) is 23.5 Å². The summed E-state index contributed by atoms with van der Waals surface area (Å²) in [7, 11) is 3.25. The number of rotatable bonds is 10. The summed E-state index contributed by atoms with van der Waals surface area (Å²) in [5, 5.41) is 0. The summed E-state index contributed by atoms with van der Waals surface area (Å²) in [6.07, 6.45) is -2.84. The number of anilines is 3. The molecule has 1 aromatic carbocycles. The van der Waals surface area contributed by atoms with Crippen molar-refractivity contribution in [1.29, 1.82) is 0 Å². The second-order valence-electron chi connectivity index (χ2n) is 8.06. The van der Waals surface area contributed by atoms with E-state index in [0.717, 1.165) is 28.9 Å². The summed E-state index contributed by atoms with van der Waals surface area (Å²) >= 11 is 0. The van der Waals surface area contributed by atoms with Crippen LogP contribution in [0.2, 0.25) is 0 Å². The molecule has 0 saturated carbocycles. The van der Waals surface area contributed by atoms with Crippen LogP contribution in [0.25, 0.3) is 0 Å². The summed E-state index contributed by atoms with van der Waals surface area (Å²) in [6, 6.07) is 5.89. The molecular weight excluding hydrogens is 449 g/mol. The van der Waals surface area contributed by atoms with E-state index in [0.29, 0.717) is 24.2 Å². The van der Waals surface area contributed by atoms with E-state index in [9.17, 15) is 27.6 Å². The fraction of sp³-hybridized carbons (Fsp3) is 0.417. The number of hydrogen-bond acceptors (Lipinski definition) is 5. The molecule has 1 aromatic heterocycles. The topological polar surface area (TPSA) is 73.8 Å². The highest BCUT2D eigenvalue weighted by atomic mass is 19.4. The Morgan fingerprint density at radius 3 is 2.38 bits per heavy atom. The van der Waals surface area contributed by atoms with Crippen LogP contribution in [0.3, 0.4) is 0 Å². The molecule has 2 aromatic rings. The molecule has 0 aliphatic rings. The number of alkyl halides is 3. The van der Waals surface area contributed by atoms with Crippen LogP contribution in [-0.4, -0.2) is 50.3 Å². The van der Waals surface area contributed by atoms with Gasteiger partial charge in [0.2, 0.25) is 12.3 Å². The second-order valence-corrected chi connectivity index (χ2v) is 8.06. The minimum Gasteiger partial charge on any atom is -0.366 e. The van der Waals surface area contributed by atoms with Gasteiger partial charge in [-0.15, -0.1) is 0 Å². The third-order valence-electron chi connectivity index (χ3n) is 5.47. The van der Waals surface area contributed by atoms with Crippen molar-refractivity contribution in [2.75, 3.05) is 35.3 Å². The van der Waals surface area contributed by atoms with E-state index in [-0.39, 0.29) is 24.5 Å². The highest BCUT2D eigenvalue weighted by molar-refractivity contribution is 6.03. The molecule has 0 aliphatic heterocycles. The highest BCUT2D eigenvalue weighted by Crippen LogP contribution is 2.34. The molecule has 1 unspecified atom stereocenters. The van der Waals surface area contributed by atoms with Crippen LogP contribution in [0.1, 0.15) is 36.6 Å². The largest absolute Gasteiger partial charge is 0.416 e. The summed E-state index contributed by atoms with van der Waals surface area (Å²) in [6.45, 7) is 5.15. The molecule has 2 rings (SSSR count). The van der Waals surface area contributed by atoms with E-state index in [4.69, 9.17) is 0 Å². The molecule has 1 atom stereocenters. The average Bonchev–Trinajstić information content (AvgIpc) is 2.77. The molecule has 2 amide bonds. The monoisotopic (exact) mass is 478 g/mol. The lowest BCUT2D eigenvalue weighted by Gasteiger charge is -2.33. The van der Waals surface area contributed by atoms with Gasteiger partial charge >= 0.3 is 6.18 Å². The van der Waals surface area contributed by atoms with E-state index in [1.54, 1.807) is 24.1 Å². The lowest BCUT2D eigenvalue weighted by molar-refractivity contribution is -0.137. The molecule has 1 heterocycles. The first-order valence-corrected chi connectivity index (χ1v) is 10.8. The Morgan fingerprint density at radius 2 is 1.82 bits per heavy atom. The van der Waals surface area contributed by atoms with Gasteiger partial charge in [-0.2, -0.15) is 13.2 Å². The van der Waals surface area contributed by atoms with Gasteiger partial charge in [0, 0.05) is 19.8 Å². The normalized spacial score (nSPS) is 12.1. The number of benzene rings is 1. The smallest absolute Gasteiger partial charge is 0.366 e. The molecule has 0 saturated heterocycles. The molecule has 0 spiro atoms. The van der Waals surface area contributed by atoms with E-state index < -0.39 is 23.7 Å². The summed E-state index contributed by atoms with van der Waals surface area (Å²) in [5.41, 5.74) is 1.12. The van der Waals surface area contributed by atoms with Crippen molar-refractivity contribution in [1.82, 2.24) is 4.98 Å². The Labute approximate surface area is 197 Å². The molecule has 184 valence electrons. The quantitative estimate of drug-likeness (QED) is 0.480. The van der Waals surface area contributed by atoms with Gasteiger partial charge in [0.15, 0.2) is 0 Å². The molecule has 0 aliphatic carbocycles. The van der Waals surface area contributed by atoms with Crippen molar-refractivity contribution in [2.24, 2.45) is 0 Å². The van der Waals surface area contributed by atoms with Gasteiger partial charge in [-0.25, -0.2) is 4.98 Å². The minimum absolute atomic E-state index is 0.0733. The van der Waals surface area contributed by atoms with E-state index in [1.165, 1.54) is 18.9 Å². The average molecular weight is 479 g/mol. The number of aldehydes is 1. The van der Waals surface area contributed by atoms with Crippen molar-refractivity contribution >= 4 is 35.8 Å². The fourth-order valence-electron chi connectivity index (χ4n) is 3.85. The van der Waals surface area contributed by atoms with Crippen LogP contribution >= 0.6 is 0 Å². The zero-order valence-electron chi connectivity index (χ0n) is 19.9. The zero-order chi connectivity index (χ0) is 25.6. The number of hydrogen-bond donors (Lipinski definition) is 0. The third kappa shape index (κ3) is 5.92. The maximum Gasteiger partial charge on any atom is 0.416 e. The molecular formula is C24H29F3N4O3. The van der Waals surface area contributed by atoms with Gasteiger partial charge in [-0.1, -0.05) is 25.5 Å². The van der Waals surface area contributed by atoms with Crippen molar-refractivity contribution in [3.8, 4) is 0 Å². The van der Waals surface area contributed by atoms with Crippen molar-refractivity contribution in [3.05, 3.63) is 47.2 Å². The Kier molecular flexibility index (Phi) is 8.78. The SMILES string of the molecule is CCCC(C(=O)N(C)c1cccc(C)c1N(C)CC=O)N(C=O)c1cc(C(F)(F)F)cc(C)n1. The number of amides is 2. The maximum atomic E-state index is 13.6.